The largest absolute Gasteiger partial charge is 0.489 e. The SMILES string of the molecule is CCCC(N)[C@]1(c2ccccc2)CC[C@@H](Oc2cc3cc[nH]c(=O)c3cc2Cl)CC1. The van der Waals surface area contributed by atoms with E-state index in [1.165, 1.54) is 5.56 Å². The molecule has 1 aliphatic carbocycles. The number of pyridine rings is 1. The Morgan fingerprint density at radius 2 is 1.93 bits per heavy atom. The Morgan fingerprint density at radius 3 is 2.63 bits per heavy atom. The van der Waals surface area contributed by atoms with E-state index in [1.54, 1.807) is 12.3 Å². The predicted molar refractivity (Wildman–Crippen MR) is 123 cm³/mol. The molecule has 0 spiro atoms. The highest BCUT2D eigenvalue weighted by Gasteiger charge is 2.41. The van der Waals surface area contributed by atoms with E-state index in [2.05, 4.69) is 42.2 Å². The number of aromatic nitrogens is 1. The Labute approximate surface area is 182 Å². The number of nitrogens with one attached hydrogen (secondary N) is 1. The first-order valence-electron chi connectivity index (χ1n) is 10.8. The van der Waals surface area contributed by atoms with Gasteiger partial charge in [-0.25, -0.2) is 0 Å². The lowest BCUT2D eigenvalue weighted by Gasteiger charge is -2.45. The molecule has 5 heteroatoms. The zero-order valence-electron chi connectivity index (χ0n) is 17.4. The Balaban J connectivity index is 1.54. The average molecular weight is 425 g/mol. The molecule has 0 bridgehead atoms. The summed E-state index contributed by atoms with van der Waals surface area (Å²) in [6.07, 6.45) is 7.68. The van der Waals surface area contributed by atoms with Crippen molar-refractivity contribution in [3.8, 4) is 5.75 Å². The number of ether oxygens (including phenoxy) is 1. The normalized spacial score (nSPS) is 22.7. The van der Waals surface area contributed by atoms with Crippen LogP contribution in [0.4, 0.5) is 0 Å². The molecule has 1 saturated carbocycles. The zero-order chi connectivity index (χ0) is 21.1. The number of hydrogen-bond donors (Lipinski definition) is 2. The van der Waals surface area contributed by atoms with Crippen LogP contribution in [-0.2, 0) is 5.41 Å². The van der Waals surface area contributed by atoms with Crippen LogP contribution >= 0.6 is 11.6 Å². The minimum Gasteiger partial charge on any atom is -0.489 e. The summed E-state index contributed by atoms with van der Waals surface area (Å²) in [7, 11) is 0. The molecule has 1 heterocycles. The Morgan fingerprint density at radius 1 is 1.20 bits per heavy atom. The van der Waals surface area contributed by atoms with Gasteiger partial charge < -0.3 is 15.5 Å². The molecule has 158 valence electrons. The molecular formula is C25H29ClN2O2. The summed E-state index contributed by atoms with van der Waals surface area (Å²) in [4.78, 5) is 14.7. The van der Waals surface area contributed by atoms with Gasteiger partial charge in [0.2, 0.25) is 0 Å². The third kappa shape index (κ3) is 3.99. The molecule has 1 aliphatic rings. The number of nitrogens with two attached hydrogens (primary N) is 1. The molecule has 3 N–H and O–H groups in total. The van der Waals surface area contributed by atoms with Crippen LogP contribution in [0.2, 0.25) is 5.02 Å². The Hall–Kier alpha value is -2.30. The number of halogens is 1. The molecule has 0 amide bonds. The van der Waals surface area contributed by atoms with Crippen LogP contribution in [0.3, 0.4) is 0 Å². The summed E-state index contributed by atoms with van der Waals surface area (Å²) in [5.41, 5.74) is 7.93. The fourth-order valence-corrected chi connectivity index (χ4v) is 5.12. The number of benzene rings is 2. The van der Waals surface area contributed by atoms with Gasteiger partial charge in [-0.05, 0) is 61.3 Å². The molecular weight excluding hydrogens is 396 g/mol. The third-order valence-corrected chi connectivity index (χ3v) is 6.90. The van der Waals surface area contributed by atoms with Crippen molar-refractivity contribution in [1.82, 2.24) is 4.98 Å². The second-order valence-electron chi connectivity index (χ2n) is 8.41. The van der Waals surface area contributed by atoms with Crippen molar-refractivity contribution >= 4 is 22.4 Å². The Bertz CT molecular complexity index is 1060. The van der Waals surface area contributed by atoms with Crippen LogP contribution in [-0.4, -0.2) is 17.1 Å². The van der Waals surface area contributed by atoms with Crippen molar-refractivity contribution in [2.45, 2.75) is 63.0 Å². The first kappa shape index (κ1) is 21.0. The molecule has 4 nitrogen and oxygen atoms in total. The van der Waals surface area contributed by atoms with Crippen LogP contribution in [0.1, 0.15) is 51.0 Å². The zero-order valence-corrected chi connectivity index (χ0v) is 18.1. The molecule has 1 unspecified atom stereocenters. The monoisotopic (exact) mass is 424 g/mol. The maximum absolute atomic E-state index is 12.0. The average Bonchev–Trinajstić information content (AvgIpc) is 2.76. The van der Waals surface area contributed by atoms with Crippen molar-refractivity contribution in [2.24, 2.45) is 5.73 Å². The highest BCUT2D eigenvalue weighted by atomic mass is 35.5. The van der Waals surface area contributed by atoms with Gasteiger partial charge in [-0.3, -0.25) is 4.79 Å². The van der Waals surface area contributed by atoms with Crippen molar-refractivity contribution in [2.75, 3.05) is 0 Å². The second-order valence-corrected chi connectivity index (χ2v) is 8.82. The van der Waals surface area contributed by atoms with Gasteiger partial charge in [-0.15, -0.1) is 0 Å². The highest BCUT2D eigenvalue weighted by Crippen LogP contribution is 2.44. The molecule has 3 aromatic rings. The second kappa shape index (κ2) is 8.83. The van der Waals surface area contributed by atoms with Gasteiger partial charge >= 0.3 is 0 Å². The van der Waals surface area contributed by atoms with Crippen molar-refractivity contribution < 1.29 is 4.74 Å². The summed E-state index contributed by atoms with van der Waals surface area (Å²) in [5.74, 6) is 0.643. The van der Waals surface area contributed by atoms with Crippen LogP contribution in [0.5, 0.6) is 5.75 Å². The van der Waals surface area contributed by atoms with Crippen LogP contribution in [0.15, 0.2) is 59.5 Å². The summed E-state index contributed by atoms with van der Waals surface area (Å²) < 4.78 is 6.32. The van der Waals surface area contributed by atoms with Crippen LogP contribution < -0.4 is 16.0 Å². The van der Waals surface area contributed by atoms with E-state index < -0.39 is 0 Å². The molecule has 1 fully saturated rings. The lowest BCUT2D eigenvalue weighted by molar-refractivity contribution is 0.103. The van der Waals surface area contributed by atoms with E-state index in [0.29, 0.717) is 16.2 Å². The topological polar surface area (TPSA) is 68.1 Å². The van der Waals surface area contributed by atoms with Crippen LogP contribution in [0, 0.1) is 0 Å². The van der Waals surface area contributed by atoms with E-state index in [0.717, 1.165) is 43.9 Å². The Kier molecular flexibility index (Phi) is 6.16. The number of fused-ring (bicyclic) bond motifs is 1. The summed E-state index contributed by atoms with van der Waals surface area (Å²) in [5, 5.41) is 1.88. The van der Waals surface area contributed by atoms with E-state index in [9.17, 15) is 4.79 Å². The molecule has 30 heavy (non-hydrogen) atoms. The van der Waals surface area contributed by atoms with E-state index in [-0.39, 0.29) is 23.1 Å². The third-order valence-electron chi connectivity index (χ3n) is 6.60. The molecule has 2 aromatic carbocycles. The van der Waals surface area contributed by atoms with E-state index in [1.807, 2.05) is 12.1 Å². The lowest BCUT2D eigenvalue weighted by Crippen LogP contribution is -2.49. The minimum absolute atomic E-state index is 0.00238. The number of aromatic amines is 1. The van der Waals surface area contributed by atoms with E-state index >= 15 is 0 Å². The standard InChI is InChI=1S/C25H29ClN2O2/c1-2-6-23(27)25(18-7-4-3-5-8-18)12-9-19(10-13-25)30-22-15-17-11-14-28-24(29)20(17)16-21(22)26/h3-5,7-8,11,14-16,19,23H,2,6,9-10,12-13,27H2,1H3,(H,28,29)/t19-,23?,25-. The number of H-pyrrole nitrogens is 1. The fourth-order valence-electron chi connectivity index (χ4n) is 4.91. The first-order valence-corrected chi connectivity index (χ1v) is 11.2. The van der Waals surface area contributed by atoms with Gasteiger partial charge in [0.1, 0.15) is 5.75 Å². The summed E-state index contributed by atoms with van der Waals surface area (Å²) in [6.45, 7) is 2.19. The van der Waals surface area contributed by atoms with Gasteiger partial charge in [-0.1, -0.05) is 55.3 Å². The van der Waals surface area contributed by atoms with Crippen LogP contribution in [0.25, 0.3) is 10.8 Å². The van der Waals surface area contributed by atoms with Gasteiger partial charge in [-0.2, -0.15) is 0 Å². The van der Waals surface area contributed by atoms with Crippen molar-refractivity contribution in [3.05, 3.63) is 75.7 Å². The van der Waals surface area contributed by atoms with Crippen molar-refractivity contribution in [3.63, 3.8) is 0 Å². The first-order chi connectivity index (χ1) is 14.5. The minimum atomic E-state index is -0.142. The lowest BCUT2D eigenvalue weighted by atomic mass is 9.63. The van der Waals surface area contributed by atoms with Gasteiger partial charge in [0.05, 0.1) is 11.1 Å². The highest BCUT2D eigenvalue weighted by molar-refractivity contribution is 6.32. The smallest absolute Gasteiger partial charge is 0.255 e. The quantitative estimate of drug-likeness (QED) is 0.543. The molecule has 0 radical (unpaired) electrons. The van der Waals surface area contributed by atoms with Crippen molar-refractivity contribution in [1.29, 1.82) is 0 Å². The molecule has 1 aromatic heterocycles. The molecule has 0 saturated heterocycles. The molecule has 4 rings (SSSR count). The van der Waals surface area contributed by atoms with Gasteiger partial charge in [0.25, 0.3) is 5.56 Å². The molecule has 0 aliphatic heterocycles. The fraction of sp³-hybridized carbons (Fsp3) is 0.400. The maximum Gasteiger partial charge on any atom is 0.255 e. The van der Waals surface area contributed by atoms with Gasteiger partial charge in [0, 0.05) is 23.0 Å². The number of rotatable bonds is 6. The maximum atomic E-state index is 12.0. The number of hydrogen-bond acceptors (Lipinski definition) is 3. The molecule has 1 atom stereocenters. The predicted octanol–water partition coefficient (Wildman–Crippen LogP) is 5.57. The summed E-state index contributed by atoms with van der Waals surface area (Å²) >= 11 is 6.44. The summed E-state index contributed by atoms with van der Waals surface area (Å²) in [6, 6.07) is 16.3. The van der Waals surface area contributed by atoms with Gasteiger partial charge in [0.15, 0.2) is 0 Å². The van der Waals surface area contributed by atoms with E-state index in [4.69, 9.17) is 22.1 Å².